The molecule has 1 aliphatic carbocycles. The van der Waals surface area contributed by atoms with Crippen molar-refractivity contribution in [3.05, 3.63) is 34.3 Å². The maximum absolute atomic E-state index is 12.5. The van der Waals surface area contributed by atoms with Crippen LogP contribution in [0.4, 0.5) is 0 Å². The van der Waals surface area contributed by atoms with Gasteiger partial charge in [-0.25, -0.2) is 0 Å². The smallest absolute Gasteiger partial charge is 0.252 e. The number of benzene rings is 1. The van der Waals surface area contributed by atoms with E-state index in [0.717, 1.165) is 24.8 Å². The lowest BCUT2D eigenvalue weighted by molar-refractivity contribution is 0.0866. The second-order valence-electron chi connectivity index (χ2n) is 6.03. The van der Waals surface area contributed by atoms with E-state index in [1.165, 1.54) is 6.42 Å². The van der Waals surface area contributed by atoms with Gasteiger partial charge in [0.15, 0.2) is 0 Å². The van der Waals surface area contributed by atoms with Gasteiger partial charge in [-0.15, -0.1) is 11.6 Å². The number of alkyl halides is 1. The predicted molar refractivity (Wildman–Crippen MR) is 84.7 cm³/mol. The third kappa shape index (κ3) is 3.48. The maximum atomic E-state index is 12.5. The van der Waals surface area contributed by atoms with Crippen LogP contribution < -0.4 is 5.32 Å². The van der Waals surface area contributed by atoms with Crippen molar-refractivity contribution >= 4 is 29.1 Å². The van der Waals surface area contributed by atoms with Gasteiger partial charge in [0, 0.05) is 16.5 Å². The fourth-order valence-corrected chi connectivity index (χ4v) is 3.65. The van der Waals surface area contributed by atoms with Crippen molar-refractivity contribution in [2.24, 2.45) is 5.92 Å². The molecule has 2 nitrogen and oxygen atoms in total. The normalized spacial score (nSPS) is 26.3. The number of amides is 1. The lowest BCUT2D eigenvalue weighted by Gasteiger charge is -2.39. The zero-order chi connectivity index (χ0) is 14.8. The van der Waals surface area contributed by atoms with Gasteiger partial charge in [-0.3, -0.25) is 4.79 Å². The third-order valence-electron chi connectivity index (χ3n) is 4.16. The first kappa shape index (κ1) is 15.7. The molecule has 0 aromatic heterocycles. The van der Waals surface area contributed by atoms with Crippen molar-refractivity contribution < 1.29 is 4.79 Å². The molecule has 110 valence electrons. The lowest BCUT2D eigenvalue weighted by atomic mass is 9.77. The van der Waals surface area contributed by atoms with Gasteiger partial charge in [-0.05, 0) is 49.4 Å². The van der Waals surface area contributed by atoms with Gasteiger partial charge >= 0.3 is 0 Å². The molecule has 0 saturated heterocycles. The Balaban J connectivity index is 2.16. The molecule has 0 bridgehead atoms. The molecule has 0 radical (unpaired) electrons. The summed E-state index contributed by atoms with van der Waals surface area (Å²) in [6.45, 7) is 4.12. The molecule has 0 aliphatic heterocycles. The van der Waals surface area contributed by atoms with E-state index in [1.807, 2.05) is 13.0 Å². The monoisotopic (exact) mass is 313 g/mol. The summed E-state index contributed by atoms with van der Waals surface area (Å²) >= 11 is 12.1. The Hall–Kier alpha value is -0.730. The van der Waals surface area contributed by atoms with Crippen LogP contribution in [0, 0.1) is 12.8 Å². The Morgan fingerprint density at radius 3 is 2.85 bits per heavy atom. The molecule has 2 rings (SSSR count). The quantitative estimate of drug-likeness (QED) is 0.814. The van der Waals surface area contributed by atoms with Crippen molar-refractivity contribution in [1.82, 2.24) is 5.32 Å². The number of hydrogen-bond acceptors (Lipinski definition) is 1. The number of carbonyl (C=O) groups excluding carboxylic acids is 1. The largest absolute Gasteiger partial charge is 0.345 e. The van der Waals surface area contributed by atoms with Crippen LogP contribution in [0.3, 0.4) is 0 Å². The zero-order valence-electron chi connectivity index (χ0n) is 12.0. The standard InChI is InChI=1S/C16H21Cl2NO/c1-11-4-3-7-16(9-11,10-17)19-15(20)14-6-5-13(18)8-12(14)2/h5-6,8,11H,3-4,7,9-10H2,1-2H3,(H,19,20). The van der Waals surface area contributed by atoms with Crippen molar-refractivity contribution in [3.8, 4) is 0 Å². The molecular formula is C16H21Cl2NO. The van der Waals surface area contributed by atoms with Gasteiger partial charge in [0.1, 0.15) is 0 Å². The van der Waals surface area contributed by atoms with Crippen LogP contribution in [0.2, 0.25) is 5.02 Å². The summed E-state index contributed by atoms with van der Waals surface area (Å²) in [5, 5.41) is 3.83. The second-order valence-corrected chi connectivity index (χ2v) is 6.73. The summed E-state index contributed by atoms with van der Waals surface area (Å²) in [7, 11) is 0. The molecule has 4 heteroatoms. The van der Waals surface area contributed by atoms with Gasteiger partial charge in [-0.2, -0.15) is 0 Å². The van der Waals surface area contributed by atoms with Crippen molar-refractivity contribution in [2.75, 3.05) is 5.88 Å². The van der Waals surface area contributed by atoms with E-state index in [2.05, 4.69) is 12.2 Å². The molecule has 1 N–H and O–H groups in total. The van der Waals surface area contributed by atoms with E-state index in [4.69, 9.17) is 23.2 Å². The van der Waals surface area contributed by atoms with Crippen molar-refractivity contribution in [3.63, 3.8) is 0 Å². The fourth-order valence-electron chi connectivity index (χ4n) is 3.12. The van der Waals surface area contributed by atoms with Crippen LogP contribution in [-0.2, 0) is 0 Å². The highest BCUT2D eigenvalue weighted by atomic mass is 35.5. The van der Waals surface area contributed by atoms with Gasteiger partial charge in [0.05, 0.1) is 5.54 Å². The molecule has 1 aromatic rings. The number of nitrogens with one attached hydrogen (secondary N) is 1. The van der Waals surface area contributed by atoms with E-state index in [-0.39, 0.29) is 11.4 Å². The molecule has 0 heterocycles. The first-order valence-corrected chi connectivity index (χ1v) is 8.02. The summed E-state index contributed by atoms with van der Waals surface area (Å²) in [6, 6.07) is 5.34. The highest BCUT2D eigenvalue weighted by Crippen LogP contribution is 2.33. The highest BCUT2D eigenvalue weighted by Gasteiger charge is 2.35. The number of aryl methyl sites for hydroxylation is 1. The van der Waals surface area contributed by atoms with Crippen molar-refractivity contribution in [2.45, 2.75) is 45.1 Å². The van der Waals surface area contributed by atoms with E-state index in [1.54, 1.807) is 12.1 Å². The predicted octanol–water partition coefficient (Wildman–Crippen LogP) is 4.57. The maximum Gasteiger partial charge on any atom is 0.252 e. The minimum Gasteiger partial charge on any atom is -0.345 e. The van der Waals surface area contributed by atoms with Crippen LogP contribution in [0.15, 0.2) is 18.2 Å². The lowest BCUT2D eigenvalue weighted by Crippen LogP contribution is -2.52. The molecule has 1 saturated carbocycles. The third-order valence-corrected chi connectivity index (χ3v) is 4.91. The molecule has 1 aliphatic rings. The molecule has 1 amide bonds. The molecule has 0 spiro atoms. The van der Waals surface area contributed by atoms with Crippen LogP contribution in [-0.4, -0.2) is 17.3 Å². The summed E-state index contributed by atoms with van der Waals surface area (Å²) in [5.41, 5.74) is 1.31. The average molecular weight is 314 g/mol. The Labute approximate surface area is 130 Å². The summed E-state index contributed by atoms with van der Waals surface area (Å²) in [6.07, 6.45) is 4.25. The topological polar surface area (TPSA) is 29.1 Å². The number of halogens is 2. The van der Waals surface area contributed by atoms with Crippen molar-refractivity contribution in [1.29, 1.82) is 0 Å². The Morgan fingerprint density at radius 1 is 1.50 bits per heavy atom. The summed E-state index contributed by atoms with van der Waals surface area (Å²) in [4.78, 5) is 12.5. The van der Waals surface area contributed by atoms with Crippen LogP contribution in [0.5, 0.6) is 0 Å². The number of hydrogen-bond donors (Lipinski definition) is 1. The Kier molecular flexibility index (Phi) is 4.98. The Morgan fingerprint density at radius 2 is 2.25 bits per heavy atom. The van der Waals surface area contributed by atoms with Gasteiger partial charge < -0.3 is 5.32 Å². The first-order valence-electron chi connectivity index (χ1n) is 7.10. The number of rotatable bonds is 3. The summed E-state index contributed by atoms with van der Waals surface area (Å²) in [5.74, 6) is 1.03. The average Bonchev–Trinajstić information content (AvgIpc) is 2.38. The zero-order valence-corrected chi connectivity index (χ0v) is 13.5. The molecular weight excluding hydrogens is 293 g/mol. The van der Waals surface area contributed by atoms with Crippen LogP contribution in [0.25, 0.3) is 0 Å². The summed E-state index contributed by atoms with van der Waals surface area (Å²) < 4.78 is 0. The first-order chi connectivity index (χ1) is 9.46. The van der Waals surface area contributed by atoms with E-state index in [9.17, 15) is 4.79 Å². The highest BCUT2D eigenvalue weighted by molar-refractivity contribution is 6.30. The molecule has 2 unspecified atom stereocenters. The van der Waals surface area contributed by atoms with Gasteiger partial charge in [0.2, 0.25) is 0 Å². The minimum absolute atomic E-state index is 0.0473. The minimum atomic E-state index is -0.262. The van der Waals surface area contributed by atoms with E-state index < -0.39 is 0 Å². The number of carbonyl (C=O) groups is 1. The molecule has 1 fully saturated rings. The molecule has 1 aromatic carbocycles. The Bertz CT molecular complexity index is 503. The fraction of sp³-hybridized carbons (Fsp3) is 0.562. The van der Waals surface area contributed by atoms with Crippen LogP contribution in [0.1, 0.15) is 48.5 Å². The SMILES string of the molecule is Cc1cc(Cl)ccc1C(=O)NC1(CCl)CCCC(C)C1. The van der Waals surface area contributed by atoms with E-state index in [0.29, 0.717) is 22.4 Å². The van der Waals surface area contributed by atoms with Crippen LogP contribution >= 0.6 is 23.2 Å². The second kappa shape index (κ2) is 6.36. The molecule has 2 atom stereocenters. The van der Waals surface area contributed by atoms with Gasteiger partial charge in [-0.1, -0.05) is 31.4 Å². The molecule has 20 heavy (non-hydrogen) atoms. The van der Waals surface area contributed by atoms with E-state index >= 15 is 0 Å². The van der Waals surface area contributed by atoms with Gasteiger partial charge in [0.25, 0.3) is 5.91 Å².